The number of fused-ring (bicyclic) bond motifs is 2. The topological polar surface area (TPSA) is 15.3 Å². The Morgan fingerprint density at radius 1 is 1.11 bits per heavy atom. The van der Waals surface area contributed by atoms with Gasteiger partial charge in [0.25, 0.3) is 0 Å². The molecule has 1 aromatic rings. The predicted octanol–water partition coefficient (Wildman–Crippen LogP) is 2.83. The van der Waals surface area contributed by atoms with E-state index in [2.05, 4.69) is 47.6 Å². The minimum atomic E-state index is 0.806. The SMILES string of the molecule is CN(CCCc1ccccc1)C1CC2CCC(C1)N2. The molecule has 0 aromatic heterocycles. The fraction of sp³-hybridized carbons (Fsp3) is 0.647. The van der Waals surface area contributed by atoms with Crippen LogP contribution in [0.3, 0.4) is 0 Å². The lowest BCUT2D eigenvalue weighted by Gasteiger charge is -2.35. The molecular weight excluding hydrogens is 232 g/mol. The van der Waals surface area contributed by atoms with Crippen LogP contribution in [-0.4, -0.2) is 36.6 Å². The molecule has 1 aromatic carbocycles. The van der Waals surface area contributed by atoms with Crippen molar-refractivity contribution in [3.8, 4) is 0 Å². The van der Waals surface area contributed by atoms with Crippen molar-refractivity contribution in [2.75, 3.05) is 13.6 Å². The number of hydrogen-bond donors (Lipinski definition) is 1. The molecule has 0 radical (unpaired) electrons. The van der Waals surface area contributed by atoms with Gasteiger partial charge in [0.1, 0.15) is 0 Å². The van der Waals surface area contributed by atoms with Crippen LogP contribution >= 0.6 is 0 Å². The van der Waals surface area contributed by atoms with Gasteiger partial charge in [-0.1, -0.05) is 30.3 Å². The normalized spacial score (nSPS) is 29.9. The zero-order chi connectivity index (χ0) is 13.1. The molecule has 19 heavy (non-hydrogen) atoms. The second-order valence-electron chi connectivity index (χ2n) is 6.33. The molecule has 0 aliphatic carbocycles. The molecule has 2 unspecified atom stereocenters. The van der Waals surface area contributed by atoms with E-state index in [0.717, 1.165) is 18.1 Å². The molecule has 2 nitrogen and oxygen atoms in total. The Morgan fingerprint density at radius 3 is 2.47 bits per heavy atom. The van der Waals surface area contributed by atoms with Crippen LogP contribution in [0.25, 0.3) is 0 Å². The van der Waals surface area contributed by atoms with Crippen LogP contribution in [0.5, 0.6) is 0 Å². The van der Waals surface area contributed by atoms with Crippen molar-refractivity contribution in [2.24, 2.45) is 0 Å². The number of piperidine rings is 1. The van der Waals surface area contributed by atoms with E-state index < -0.39 is 0 Å². The summed E-state index contributed by atoms with van der Waals surface area (Å²) in [5.41, 5.74) is 1.47. The first-order valence-corrected chi connectivity index (χ1v) is 7.81. The van der Waals surface area contributed by atoms with E-state index >= 15 is 0 Å². The van der Waals surface area contributed by atoms with E-state index in [-0.39, 0.29) is 0 Å². The molecule has 0 amide bonds. The molecule has 2 aliphatic rings. The Labute approximate surface area is 117 Å². The Hall–Kier alpha value is -0.860. The molecule has 0 spiro atoms. The number of benzene rings is 1. The van der Waals surface area contributed by atoms with Gasteiger partial charge in [0.05, 0.1) is 0 Å². The predicted molar refractivity (Wildman–Crippen MR) is 80.4 cm³/mol. The summed E-state index contributed by atoms with van der Waals surface area (Å²) in [6, 6.07) is 13.3. The van der Waals surface area contributed by atoms with E-state index in [0.29, 0.717) is 0 Å². The third-order valence-electron chi connectivity index (χ3n) is 4.89. The first-order valence-electron chi connectivity index (χ1n) is 7.81. The zero-order valence-electron chi connectivity index (χ0n) is 12.0. The number of aryl methyl sites for hydroxylation is 1. The average Bonchev–Trinajstić information content (AvgIpc) is 2.78. The van der Waals surface area contributed by atoms with Crippen LogP contribution < -0.4 is 5.32 Å². The lowest BCUT2D eigenvalue weighted by Crippen LogP contribution is -2.47. The summed E-state index contributed by atoms with van der Waals surface area (Å²) in [5.74, 6) is 0. The third kappa shape index (κ3) is 3.37. The van der Waals surface area contributed by atoms with Gasteiger partial charge >= 0.3 is 0 Å². The van der Waals surface area contributed by atoms with Gasteiger partial charge in [-0.3, -0.25) is 0 Å². The van der Waals surface area contributed by atoms with E-state index in [1.807, 2.05) is 0 Å². The van der Waals surface area contributed by atoms with E-state index in [4.69, 9.17) is 0 Å². The monoisotopic (exact) mass is 258 g/mol. The maximum atomic E-state index is 3.73. The Kier molecular flexibility index (Phi) is 4.19. The Morgan fingerprint density at radius 2 is 1.79 bits per heavy atom. The van der Waals surface area contributed by atoms with Gasteiger partial charge in [0, 0.05) is 18.1 Å². The highest BCUT2D eigenvalue weighted by atomic mass is 15.2. The van der Waals surface area contributed by atoms with Crippen molar-refractivity contribution in [3.63, 3.8) is 0 Å². The first-order chi connectivity index (χ1) is 9.31. The maximum absolute atomic E-state index is 3.73. The summed E-state index contributed by atoms with van der Waals surface area (Å²) in [4.78, 5) is 2.61. The molecule has 2 saturated heterocycles. The zero-order valence-corrected chi connectivity index (χ0v) is 12.0. The Balaban J connectivity index is 1.43. The minimum Gasteiger partial charge on any atom is -0.311 e. The molecule has 2 heteroatoms. The summed E-state index contributed by atoms with van der Waals surface area (Å²) >= 11 is 0. The molecule has 2 atom stereocenters. The maximum Gasteiger partial charge on any atom is 0.0122 e. The third-order valence-corrected chi connectivity index (χ3v) is 4.89. The van der Waals surface area contributed by atoms with Gasteiger partial charge in [0.15, 0.2) is 0 Å². The van der Waals surface area contributed by atoms with E-state index in [9.17, 15) is 0 Å². The summed E-state index contributed by atoms with van der Waals surface area (Å²) in [7, 11) is 2.32. The highest BCUT2D eigenvalue weighted by molar-refractivity contribution is 5.14. The van der Waals surface area contributed by atoms with Gasteiger partial charge < -0.3 is 10.2 Å². The number of hydrogen-bond acceptors (Lipinski definition) is 2. The summed E-state index contributed by atoms with van der Waals surface area (Å²) in [5, 5.41) is 3.73. The van der Waals surface area contributed by atoms with Crippen LogP contribution in [0.1, 0.15) is 37.7 Å². The lowest BCUT2D eigenvalue weighted by atomic mass is 9.98. The molecule has 2 heterocycles. The van der Waals surface area contributed by atoms with Crippen molar-refractivity contribution in [3.05, 3.63) is 35.9 Å². The number of rotatable bonds is 5. The number of nitrogens with one attached hydrogen (secondary N) is 1. The van der Waals surface area contributed by atoms with Crippen LogP contribution in [0.15, 0.2) is 30.3 Å². The average molecular weight is 258 g/mol. The standard InChI is InChI=1S/C17H26N2/c1-19(11-5-8-14-6-3-2-4-7-14)17-12-15-9-10-16(13-17)18-15/h2-4,6-7,15-18H,5,8-13H2,1H3. The van der Waals surface area contributed by atoms with Crippen molar-refractivity contribution < 1.29 is 0 Å². The van der Waals surface area contributed by atoms with Crippen molar-refractivity contribution in [1.82, 2.24) is 10.2 Å². The smallest absolute Gasteiger partial charge is 0.0122 e. The molecule has 2 bridgehead atoms. The van der Waals surface area contributed by atoms with E-state index in [1.54, 1.807) is 0 Å². The van der Waals surface area contributed by atoms with Crippen LogP contribution in [-0.2, 0) is 6.42 Å². The molecule has 2 aliphatic heterocycles. The Bertz CT molecular complexity index is 378. The highest BCUT2D eigenvalue weighted by Crippen LogP contribution is 2.29. The molecule has 3 rings (SSSR count). The summed E-state index contributed by atoms with van der Waals surface area (Å²) in [6.45, 7) is 1.24. The van der Waals surface area contributed by atoms with Gasteiger partial charge in [-0.25, -0.2) is 0 Å². The fourth-order valence-electron chi connectivity index (χ4n) is 3.75. The van der Waals surface area contributed by atoms with Crippen molar-refractivity contribution in [2.45, 2.75) is 56.7 Å². The van der Waals surface area contributed by atoms with Gasteiger partial charge in [-0.15, -0.1) is 0 Å². The van der Waals surface area contributed by atoms with Crippen molar-refractivity contribution in [1.29, 1.82) is 0 Å². The highest BCUT2D eigenvalue weighted by Gasteiger charge is 2.34. The summed E-state index contributed by atoms with van der Waals surface area (Å²) < 4.78 is 0. The van der Waals surface area contributed by atoms with Crippen LogP contribution in [0.4, 0.5) is 0 Å². The first kappa shape index (κ1) is 13.1. The lowest BCUT2D eigenvalue weighted by molar-refractivity contribution is 0.171. The fourth-order valence-corrected chi connectivity index (χ4v) is 3.75. The van der Waals surface area contributed by atoms with E-state index in [1.165, 1.54) is 50.6 Å². The molecule has 0 saturated carbocycles. The number of nitrogens with zero attached hydrogens (tertiary/aromatic N) is 1. The molecule has 104 valence electrons. The molecule has 2 fully saturated rings. The van der Waals surface area contributed by atoms with Crippen molar-refractivity contribution >= 4 is 0 Å². The van der Waals surface area contributed by atoms with Gasteiger partial charge in [0.2, 0.25) is 0 Å². The summed E-state index contributed by atoms with van der Waals surface area (Å²) in [6.07, 6.45) is 8.01. The van der Waals surface area contributed by atoms with Gasteiger partial charge in [-0.2, -0.15) is 0 Å². The second-order valence-corrected chi connectivity index (χ2v) is 6.33. The quantitative estimate of drug-likeness (QED) is 0.873. The molecular formula is C17H26N2. The molecule has 1 N–H and O–H groups in total. The second kappa shape index (κ2) is 6.06. The largest absolute Gasteiger partial charge is 0.311 e. The van der Waals surface area contributed by atoms with Crippen LogP contribution in [0, 0.1) is 0 Å². The van der Waals surface area contributed by atoms with Gasteiger partial charge in [-0.05, 0) is 57.7 Å². The minimum absolute atomic E-state index is 0.806. The van der Waals surface area contributed by atoms with Crippen LogP contribution in [0.2, 0.25) is 0 Å².